The van der Waals surface area contributed by atoms with Crippen LogP contribution < -0.4 is 9.80 Å². The smallest absolute Gasteiger partial charge is 0.150 e. The van der Waals surface area contributed by atoms with Gasteiger partial charge in [0.15, 0.2) is 5.75 Å². The maximum atomic E-state index is 10.5. The molecule has 3 N–H and O–H groups in total. The molecule has 0 aliphatic carbocycles. The molecule has 0 radical (unpaired) electrons. The Bertz CT molecular complexity index is 624. The Kier molecular flexibility index (Phi) is 3.92. The molecule has 1 aromatic carbocycles. The minimum absolute atomic E-state index is 0.336. The second-order valence-corrected chi connectivity index (χ2v) is 6.50. The summed E-state index contributed by atoms with van der Waals surface area (Å²) in [6, 6.07) is 5.90. The van der Waals surface area contributed by atoms with E-state index in [1.54, 1.807) is 11.1 Å². The average Bonchev–Trinajstić information content (AvgIpc) is 2.47. The third-order valence-corrected chi connectivity index (χ3v) is 4.80. The largest absolute Gasteiger partial charge is 0.505 e. The van der Waals surface area contributed by atoms with Crippen molar-refractivity contribution < 1.29 is 14.9 Å². The van der Waals surface area contributed by atoms with Gasteiger partial charge in [-0.25, -0.2) is 0 Å². The van der Waals surface area contributed by atoms with Crippen LogP contribution >= 0.6 is 15.9 Å². The van der Waals surface area contributed by atoms with Gasteiger partial charge in [-0.05, 0) is 12.1 Å². The van der Waals surface area contributed by atoms with Gasteiger partial charge in [-0.15, -0.1) is 0 Å². The first-order valence-corrected chi connectivity index (χ1v) is 7.84. The highest BCUT2D eigenvalue weighted by Gasteiger charge is 2.22. The zero-order valence-electron chi connectivity index (χ0n) is 11.6. The van der Waals surface area contributed by atoms with Crippen molar-refractivity contribution in [3.8, 4) is 5.75 Å². The lowest BCUT2D eigenvalue weighted by molar-refractivity contribution is -1.01. The fourth-order valence-electron chi connectivity index (χ4n) is 2.85. The maximum Gasteiger partial charge on any atom is 0.150 e. The van der Waals surface area contributed by atoms with E-state index in [0.717, 1.165) is 35.1 Å². The van der Waals surface area contributed by atoms with E-state index in [2.05, 4.69) is 28.0 Å². The number of hydrogen-bond donors (Lipinski definition) is 3. The van der Waals surface area contributed by atoms with Gasteiger partial charge >= 0.3 is 0 Å². The number of phenols is 1. The van der Waals surface area contributed by atoms with E-state index in [4.69, 9.17) is 0 Å². The Labute approximate surface area is 127 Å². The van der Waals surface area contributed by atoms with Gasteiger partial charge in [-0.1, -0.05) is 22.0 Å². The summed E-state index contributed by atoms with van der Waals surface area (Å²) in [5, 5.41) is 11.4. The normalized spacial score (nSPS) is 23.1. The van der Waals surface area contributed by atoms with Gasteiger partial charge in [0.2, 0.25) is 0 Å². The number of rotatable bonds is 2. The maximum absolute atomic E-state index is 10.5. The van der Waals surface area contributed by atoms with Crippen LogP contribution in [0, 0.1) is 0 Å². The van der Waals surface area contributed by atoms with Crippen LogP contribution in [0.1, 0.15) is 5.56 Å². The highest BCUT2D eigenvalue weighted by atomic mass is 79.9. The van der Waals surface area contributed by atoms with E-state index in [-0.39, 0.29) is 0 Å². The molecule has 0 spiro atoms. The van der Waals surface area contributed by atoms with E-state index >= 15 is 0 Å². The quantitative estimate of drug-likeness (QED) is 0.699. The zero-order chi connectivity index (χ0) is 14.1. The van der Waals surface area contributed by atoms with Gasteiger partial charge in [0, 0.05) is 16.1 Å². The summed E-state index contributed by atoms with van der Waals surface area (Å²) in [5.41, 5.74) is 1.67. The number of nitrogens with zero attached hydrogens (tertiary/aromatic N) is 1. The Morgan fingerprint density at radius 2 is 2.05 bits per heavy atom. The highest BCUT2D eigenvalue weighted by Crippen LogP contribution is 2.32. The van der Waals surface area contributed by atoms with E-state index in [0.29, 0.717) is 11.3 Å². The van der Waals surface area contributed by atoms with Crippen LogP contribution in [0.5, 0.6) is 5.75 Å². The monoisotopic (exact) mass is 337 g/mol. The number of aromatic hydroxyl groups is 1. The van der Waals surface area contributed by atoms with Gasteiger partial charge in [-0.2, -0.15) is 0 Å². The number of hydrogen-bond acceptors (Lipinski definition) is 2. The summed E-state index contributed by atoms with van der Waals surface area (Å²) >= 11 is 3.59. The average molecular weight is 338 g/mol. The number of likely N-dealkylation sites (N-methyl/N-ethyl adjacent to an activating group) is 1. The third-order valence-electron chi connectivity index (χ3n) is 4.15. The second kappa shape index (κ2) is 5.68. The fraction of sp³-hybridized carbons (Fsp3) is 0.400. The number of fused-ring (bicyclic) bond motifs is 1. The molecule has 4 nitrogen and oxygen atoms in total. The second-order valence-electron chi connectivity index (χ2n) is 5.65. The molecule has 1 fully saturated rings. The Morgan fingerprint density at radius 1 is 1.30 bits per heavy atom. The number of piperazine rings is 1. The number of pyridine rings is 1. The lowest BCUT2D eigenvalue weighted by Crippen LogP contribution is -3.26. The first kappa shape index (κ1) is 13.8. The summed E-state index contributed by atoms with van der Waals surface area (Å²) in [5.74, 6) is 0.336. The van der Waals surface area contributed by atoms with Gasteiger partial charge in [0.05, 0.1) is 12.6 Å². The molecular formula is C15H20BrN3O+2. The van der Waals surface area contributed by atoms with Crippen LogP contribution in [0.4, 0.5) is 0 Å². The van der Waals surface area contributed by atoms with Crippen molar-refractivity contribution in [2.24, 2.45) is 0 Å². The minimum atomic E-state index is 0.336. The number of phenolic OH excluding ortho intramolecular Hbond substituents is 1. The molecule has 2 heterocycles. The first-order chi connectivity index (χ1) is 9.65. The van der Waals surface area contributed by atoms with Crippen molar-refractivity contribution in [3.63, 3.8) is 0 Å². The fourth-order valence-corrected chi connectivity index (χ4v) is 3.45. The predicted molar refractivity (Wildman–Crippen MR) is 82.1 cm³/mol. The lowest BCUT2D eigenvalue weighted by atomic mass is 10.1. The van der Waals surface area contributed by atoms with Crippen molar-refractivity contribution in [1.82, 2.24) is 4.98 Å². The van der Waals surface area contributed by atoms with Crippen LogP contribution in [0.3, 0.4) is 0 Å². The summed E-state index contributed by atoms with van der Waals surface area (Å²) in [7, 11) is 2.24. The SMILES string of the molecule is C[NH+]1CC[NH+](Cc2cc(Br)c3cccnc3c2O)CC1. The zero-order valence-corrected chi connectivity index (χ0v) is 13.2. The summed E-state index contributed by atoms with van der Waals surface area (Å²) < 4.78 is 1.01. The van der Waals surface area contributed by atoms with Crippen molar-refractivity contribution in [2.45, 2.75) is 6.54 Å². The molecule has 0 saturated carbocycles. The summed E-state index contributed by atoms with van der Waals surface area (Å²) in [6.07, 6.45) is 1.73. The van der Waals surface area contributed by atoms with Crippen molar-refractivity contribution in [1.29, 1.82) is 0 Å². The van der Waals surface area contributed by atoms with Crippen LogP contribution in [0.15, 0.2) is 28.9 Å². The van der Waals surface area contributed by atoms with E-state index in [1.807, 2.05) is 18.2 Å². The van der Waals surface area contributed by atoms with E-state index < -0.39 is 0 Å². The van der Waals surface area contributed by atoms with Crippen molar-refractivity contribution in [2.75, 3.05) is 33.2 Å². The Morgan fingerprint density at radius 3 is 2.80 bits per heavy atom. The molecule has 1 saturated heterocycles. The van der Waals surface area contributed by atoms with Crippen LogP contribution in [0.2, 0.25) is 0 Å². The number of halogens is 1. The van der Waals surface area contributed by atoms with Gasteiger partial charge < -0.3 is 14.9 Å². The molecule has 1 aromatic heterocycles. The van der Waals surface area contributed by atoms with Gasteiger partial charge in [0.25, 0.3) is 0 Å². The number of nitrogens with one attached hydrogen (secondary N) is 2. The standard InChI is InChI=1S/C15H18BrN3O/c1-18-5-7-19(8-6-18)10-11-9-13(16)12-3-2-4-17-14(12)15(11)20/h2-4,9,20H,5-8,10H2,1H3/p+2. The molecule has 0 atom stereocenters. The molecule has 0 bridgehead atoms. The highest BCUT2D eigenvalue weighted by molar-refractivity contribution is 9.10. The Hall–Kier alpha value is -1.17. The van der Waals surface area contributed by atoms with Gasteiger partial charge in [0.1, 0.15) is 38.2 Å². The molecule has 3 rings (SSSR count). The predicted octanol–water partition coefficient (Wildman–Crippen LogP) is -0.384. The van der Waals surface area contributed by atoms with Crippen LogP contribution in [-0.4, -0.2) is 43.3 Å². The first-order valence-electron chi connectivity index (χ1n) is 7.05. The molecule has 5 heteroatoms. The number of benzene rings is 1. The molecular weight excluding hydrogens is 318 g/mol. The molecule has 0 unspecified atom stereocenters. The van der Waals surface area contributed by atoms with Crippen LogP contribution in [-0.2, 0) is 6.54 Å². The molecule has 0 amide bonds. The Balaban J connectivity index is 1.90. The minimum Gasteiger partial charge on any atom is -0.505 e. The molecule has 106 valence electrons. The molecule has 20 heavy (non-hydrogen) atoms. The lowest BCUT2D eigenvalue weighted by Gasteiger charge is -2.27. The van der Waals surface area contributed by atoms with Crippen molar-refractivity contribution in [3.05, 3.63) is 34.4 Å². The van der Waals surface area contributed by atoms with Crippen LogP contribution in [0.25, 0.3) is 10.9 Å². The molecule has 1 aliphatic rings. The van der Waals surface area contributed by atoms with Crippen molar-refractivity contribution >= 4 is 26.8 Å². The summed E-state index contributed by atoms with van der Waals surface area (Å²) in [6.45, 7) is 5.57. The number of aromatic nitrogens is 1. The number of quaternary nitrogens is 2. The molecule has 1 aliphatic heterocycles. The molecule has 2 aromatic rings. The van der Waals surface area contributed by atoms with E-state index in [9.17, 15) is 5.11 Å². The summed E-state index contributed by atoms with van der Waals surface area (Å²) in [4.78, 5) is 7.45. The van der Waals surface area contributed by atoms with Gasteiger partial charge in [-0.3, -0.25) is 4.98 Å². The van der Waals surface area contributed by atoms with E-state index in [1.165, 1.54) is 18.0 Å². The third kappa shape index (κ3) is 2.66. The topological polar surface area (TPSA) is 42.0 Å².